The van der Waals surface area contributed by atoms with E-state index in [1.54, 1.807) is 0 Å². The van der Waals surface area contributed by atoms with Crippen LogP contribution in [-0.2, 0) is 6.42 Å². The summed E-state index contributed by atoms with van der Waals surface area (Å²) in [7, 11) is 0. The quantitative estimate of drug-likeness (QED) is 0.656. The molecule has 0 aliphatic heterocycles. The van der Waals surface area contributed by atoms with Crippen LogP contribution in [0.15, 0.2) is 96.3 Å². The molecule has 0 fully saturated rings. The zero-order valence-electron chi connectivity index (χ0n) is 12.0. The molecule has 1 aliphatic carbocycles. The third-order valence-corrected chi connectivity index (χ3v) is 3.51. The average Bonchev–Trinajstić information content (AvgIpc) is 2.61. The summed E-state index contributed by atoms with van der Waals surface area (Å²) in [5.41, 5.74) is 8.00. The van der Waals surface area contributed by atoms with Gasteiger partial charge >= 0.3 is 0 Å². The Bertz CT molecular complexity index is 617. The number of benzene rings is 1. The van der Waals surface area contributed by atoms with Crippen molar-refractivity contribution in [3.8, 4) is 0 Å². The second-order valence-electron chi connectivity index (χ2n) is 4.94. The first-order chi connectivity index (χ1) is 9.76. The zero-order chi connectivity index (χ0) is 14.4. The largest absolute Gasteiger partial charge is 0.120 e. The summed E-state index contributed by atoms with van der Waals surface area (Å²) in [6, 6.07) is 10.5. The van der Waals surface area contributed by atoms with Crippen LogP contribution in [0.2, 0.25) is 0 Å². The van der Waals surface area contributed by atoms with Crippen molar-refractivity contribution in [2.24, 2.45) is 5.92 Å². The van der Waals surface area contributed by atoms with Gasteiger partial charge in [-0.05, 0) is 23.1 Å². The van der Waals surface area contributed by atoms with Crippen molar-refractivity contribution in [1.29, 1.82) is 0 Å². The van der Waals surface area contributed by atoms with Crippen LogP contribution in [0, 0.1) is 5.92 Å². The Kier molecular flexibility index (Phi) is 4.76. The first kappa shape index (κ1) is 14.1. The van der Waals surface area contributed by atoms with Gasteiger partial charge in [0.25, 0.3) is 0 Å². The lowest BCUT2D eigenvalue weighted by Gasteiger charge is -2.15. The van der Waals surface area contributed by atoms with Gasteiger partial charge in [0, 0.05) is 11.5 Å². The Hall–Kier alpha value is -2.30. The number of hydrogen-bond acceptors (Lipinski definition) is 0. The second kappa shape index (κ2) is 6.75. The van der Waals surface area contributed by atoms with Crippen LogP contribution >= 0.6 is 0 Å². The molecule has 1 atom stereocenters. The van der Waals surface area contributed by atoms with Crippen molar-refractivity contribution in [1.82, 2.24) is 0 Å². The third kappa shape index (κ3) is 3.17. The maximum atomic E-state index is 3.88. The highest BCUT2D eigenvalue weighted by Gasteiger charge is 2.16. The Labute approximate surface area is 121 Å². The normalized spacial score (nSPS) is 20.2. The minimum Gasteiger partial charge on any atom is -0.120 e. The molecule has 1 aliphatic rings. The van der Waals surface area contributed by atoms with E-state index in [2.05, 4.69) is 74.4 Å². The molecule has 1 unspecified atom stereocenters. The molecule has 20 heavy (non-hydrogen) atoms. The Morgan fingerprint density at radius 3 is 2.65 bits per heavy atom. The monoisotopic (exact) mass is 260 g/mol. The molecule has 0 saturated heterocycles. The van der Waals surface area contributed by atoms with Gasteiger partial charge in [-0.15, -0.1) is 5.73 Å². The first-order valence-corrected chi connectivity index (χ1v) is 6.91. The molecule has 100 valence electrons. The lowest BCUT2D eigenvalue weighted by Crippen LogP contribution is -2.02. The van der Waals surface area contributed by atoms with Gasteiger partial charge in [-0.25, -0.2) is 0 Å². The van der Waals surface area contributed by atoms with Crippen molar-refractivity contribution in [2.45, 2.75) is 13.3 Å². The van der Waals surface area contributed by atoms with Crippen LogP contribution in [0.25, 0.3) is 0 Å². The molecule has 0 amide bonds. The lowest BCUT2D eigenvalue weighted by atomic mass is 9.88. The molecule has 0 aromatic heterocycles. The topological polar surface area (TPSA) is 0 Å². The zero-order valence-corrected chi connectivity index (χ0v) is 12.0. The first-order valence-electron chi connectivity index (χ1n) is 6.91. The van der Waals surface area contributed by atoms with Crippen molar-refractivity contribution in [3.05, 3.63) is 102 Å². The minimum absolute atomic E-state index is 0.349. The van der Waals surface area contributed by atoms with Crippen LogP contribution in [0.3, 0.4) is 0 Å². The summed E-state index contributed by atoms with van der Waals surface area (Å²) >= 11 is 0. The fourth-order valence-electron chi connectivity index (χ4n) is 2.48. The summed E-state index contributed by atoms with van der Waals surface area (Å²) < 4.78 is 0. The van der Waals surface area contributed by atoms with Gasteiger partial charge in [0.2, 0.25) is 0 Å². The molecule has 1 aromatic carbocycles. The molecule has 0 spiro atoms. The van der Waals surface area contributed by atoms with Crippen LogP contribution in [0.1, 0.15) is 12.5 Å². The van der Waals surface area contributed by atoms with Crippen LogP contribution in [0.4, 0.5) is 0 Å². The Morgan fingerprint density at radius 1 is 1.25 bits per heavy atom. The summed E-state index contributed by atoms with van der Waals surface area (Å²) in [5, 5.41) is 0. The van der Waals surface area contributed by atoms with Crippen molar-refractivity contribution >= 4 is 0 Å². The van der Waals surface area contributed by atoms with E-state index >= 15 is 0 Å². The van der Waals surface area contributed by atoms with Crippen molar-refractivity contribution in [2.75, 3.05) is 0 Å². The summed E-state index contributed by atoms with van der Waals surface area (Å²) in [6.45, 7) is 9.88. The maximum absolute atomic E-state index is 3.88. The predicted octanol–water partition coefficient (Wildman–Crippen LogP) is 5.19. The molecular formula is C20H20. The number of hydrogen-bond donors (Lipinski definition) is 0. The van der Waals surface area contributed by atoms with Crippen molar-refractivity contribution < 1.29 is 0 Å². The molecule has 0 heterocycles. The van der Waals surface area contributed by atoms with E-state index in [-0.39, 0.29) is 0 Å². The number of rotatable bonds is 3. The molecule has 0 radical (unpaired) electrons. The van der Waals surface area contributed by atoms with E-state index in [1.807, 2.05) is 12.1 Å². The van der Waals surface area contributed by atoms with Crippen LogP contribution in [-0.4, -0.2) is 0 Å². The van der Waals surface area contributed by atoms with Crippen LogP contribution < -0.4 is 0 Å². The summed E-state index contributed by atoms with van der Waals surface area (Å²) in [4.78, 5) is 0. The van der Waals surface area contributed by atoms with E-state index in [1.165, 1.54) is 16.7 Å². The predicted molar refractivity (Wildman–Crippen MR) is 87.5 cm³/mol. The standard InChI is InChI=1S/C20H20/c1-4-10-20-16(3)11-9-14-18(19(20)5-2)15-17-12-7-6-8-13-17/h4,6-14,16H,1-2,15H2,3H3/b20-10-. The number of allylic oxidation sites excluding steroid dienone is 8. The van der Waals surface area contributed by atoms with Gasteiger partial charge in [0.15, 0.2) is 0 Å². The smallest absolute Gasteiger partial charge is 0.0231 e. The summed E-state index contributed by atoms with van der Waals surface area (Å²) in [6.07, 6.45) is 11.3. The minimum atomic E-state index is 0.349. The van der Waals surface area contributed by atoms with Gasteiger partial charge in [0.05, 0.1) is 0 Å². The van der Waals surface area contributed by atoms with Gasteiger partial charge in [-0.1, -0.05) is 80.8 Å². The third-order valence-electron chi connectivity index (χ3n) is 3.51. The highest BCUT2D eigenvalue weighted by atomic mass is 14.2. The molecule has 0 heteroatoms. The second-order valence-corrected chi connectivity index (χ2v) is 4.94. The van der Waals surface area contributed by atoms with E-state index < -0.39 is 0 Å². The molecular weight excluding hydrogens is 240 g/mol. The average molecular weight is 260 g/mol. The molecule has 0 saturated carbocycles. The van der Waals surface area contributed by atoms with Crippen LogP contribution in [0.5, 0.6) is 0 Å². The molecule has 0 N–H and O–H groups in total. The highest BCUT2D eigenvalue weighted by molar-refractivity contribution is 5.53. The molecule has 1 aromatic rings. The maximum Gasteiger partial charge on any atom is 0.0231 e. The fourth-order valence-corrected chi connectivity index (χ4v) is 2.48. The fraction of sp³-hybridized carbons (Fsp3) is 0.150. The SMILES string of the molecule is C=C=C1C(Cc2ccccc2)=CC=CC(C)/C1=C/C=C. The van der Waals surface area contributed by atoms with Gasteiger partial charge in [-0.2, -0.15) is 0 Å². The van der Waals surface area contributed by atoms with Gasteiger partial charge in [0.1, 0.15) is 0 Å². The Morgan fingerprint density at radius 2 is 2.00 bits per heavy atom. The molecule has 2 rings (SSSR count). The lowest BCUT2D eigenvalue weighted by molar-refractivity contribution is 0.877. The van der Waals surface area contributed by atoms with Gasteiger partial charge in [-0.3, -0.25) is 0 Å². The van der Waals surface area contributed by atoms with E-state index in [0.29, 0.717) is 5.92 Å². The summed E-state index contributed by atoms with van der Waals surface area (Å²) in [5.74, 6) is 0.349. The highest BCUT2D eigenvalue weighted by Crippen LogP contribution is 2.30. The molecule has 0 bridgehead atoms. The van der Waals surface area contributed by atoms with E-state index in [0.717, 1.165) is 12.0 Å². The molecule has 0 nitrogen and oxygen atoms in total. The van der Waals surface area contributed by atoms with Crippen molar-refractivity contribution in [3.63, 3.8) is 0 Å². The van der Waals surface area contributed by atoms with Gasteiger partial charge < -0.3 is 0 Å². The van der Waals surface area contributed by atoms with E-state index in [4.69, 9.17) is 0 Å². The Balaban J connectivity index is 2.39. The van der Waals surface area contributed by atoms with E-state index in [9.17, 15) is 0 Å².